The molecule has 3 nitrogen and oxygen atoms in total. The number of aliphatic carboxylic acids is 1. The second kappa shape index (κ2) is 5.54. The molecule has 3 unspecified atom stereocenters. The number of likely N-dealkylation sites (tertiary alicyclic amines) is 1. The highest BCUT2D eigenvalue weighted by Crippen LogP contribution is 2.41. The fourth-order valence-electron chi connectivity index (χ4n) is 3.64. The number of rotatable bonds is 3. The van der Waals surface area contributed by atoms with Gasteiger partial charge in [0.1, 0.15) is 6.04 Å². The molecule has 2 fully saturated rings. The van der Waals surface area contributed by atoms with E-state index in [-0.39, 0.29) is 6.04 Å². The van der Waals surface area contributed by atoms with Gasteiger partial charge in [-0.25, -0.2) is 0 Å². The van der Waals surface area contributed by atoms with E-state index in [1.165, 1.54) is 30.6 Å². The first kappa shape index (κ1) is 13.6. The van der Waals surface area contributed by atoms with E-state index in [1.807, 2.05) is 0 Å². The number of thiophene rings is 1. The van der Waals surface area contributed by atoms with Crippen LogP contribution < -0.4 is 0 Å². The Labute approximate surface area is 125 Å². The summed E-state index contributed by atoms with van der Waals surface area (Å²) in [5.74, 6) is -0.0525. The Hall–Kier alpha value is -0.390. The number of nitrogens with zero attached hydrogens (tertiary/aromatic N) is 1. The van der Waals surface area contributed by atoms with Gasteiger partial charge in [0.15, 0.2) is 0 Å². The Bertz CT molecular complexity index is 476. The standard InChI is InChI=1S/C14H18BrNO2S/c15-10-6-11(19-8-10)7-16-12-4-2-1-3-9(12)5-13(16)14(17)18/h6,8-9,12-13H,1-5,7H2,(H,17,18). The van der Waals surface area contributed by atoms with E-state index in [0.717, 1.165) is 17.4 Å². The van der Waals surface area contributed by atoms with Gasteiger partial charge in [-0.05, 0) is 47.2 Å². The average Bonchev–Trinajstić information content (AvgIpc) is 2.95. The van der Waals surface area contributed by atoms with Crippen molar-refractivity contribution in [3.05, 3.63) is 20.8 Å². The minimum Gasteiger partial charge on any atom is -0.480 e. The van der Waals surface area contributed by atoms with Gasteiger partial charge in [0.2, 0.25) is 0 Å². The maximum atomic E-state index is 11.5. The van der Waals surface area contributed by atoms with Gasteiger partial charge in [0, 0.05) is 27.3 Å². The number of hydrogen-bond acceptors (Lipinski definition) is 3. The second-order valence-corrected chi connectivity index (χ2v) is 7.52. The van der Waals surface area contributed by atoms with Gasteiger partial charge >= 0.3 is 5.97 Å². The maximum absolute atomic E-state index is 11.5. The molecule has 0 aromatic carbocycles. The van der Waals surface area contributed by atoms with Crippen molar-refractivity contribution in [2.45, 2.75) is 50.7 Å². The number of carbonyl (C=O) groups is 1. The van der Waals surface area contributed by atoms with Crippen LogP contribution in [0.2, 0.25) is 0 Å². The molecule has 3 rings (SSSR count). The van der Waals surface area contributed by atoms with Crippen LogP contribution in [-0.2, 0) is 11.3 Å². The third-order valence-corrected chi connectivity index (χ3v) is 6.15. The van der Waals surface area contributed by atoms with Crippen molar-refractivity contribution in [3.8, 4) is 0 Å². The molecule has 3 atom stereocenters. The average molecular weight is 344 g/mol. The van der Waals surface area contributed by atoms with Gasteiger partial charge in [0.05, 0.1) is 0 Å². The molecule has 1 aliphatic heterocycles. The predicted molar refractivity (Wildman–Crippen MR) is 79.3 cm³/mol. The van der Waals surface area contributed by atoms with E-state index < -0.39 is 5.97 Å². The Morgan fingerprint density at radius 2 is 2.26 bits per heavy atom. The Morgan fingerprint density at radius 1 is 1.47 bits per heavy atom. The summed E-state index contributed by atoms with van der Waals surface area (Å²) in [6, 6.07) is 2.31. The molecule has 0 bridgehead atoms. The third kappa shape index (κ3) is 2.73. The SMILES string of the molecule is O=C(O)C1CC2CCCCC2N1Cc1cc(Br)cs1. The van der Waals surface area contributed by atoms with Crippen molar-refractivity contribution in [2.24, 2.45) is 5.92 Å². The van der Waals surface area contributed by atoms with Crippen LogP contribution in [0.1, 0.15) is 37.0 Å². The summed E-state index contributed by atoms with van der Waals surface area (Å²) >= 11 is 5.18. The molecule has 1 saturated carbocycles. The fourth-order valence-corrected chi connectivity index (χ4v) is 5.10. The summed E-state index contributed by atoms with van der Waals surface area (Å²) in [5, 5.41) is 11.5. The molecule has 1 N–H and O–H groups in total. The minimum absolute atomic E-state index is 0.283. The number of fused-ring (bicyclic) bond motifs is 1. The van der Waals surface area contributed by atoms with Crippen LogP contribution in [0.25, 0.3) is 0 Å². The number of carboxylic acid groups (broad SMARTS) is 1. The van der Waals surface area contributed by atoms with Crippen molar-refractivity contribution in [1.29, 1.82) is 0 Å². The minimum atomic E-state index is -0.648. The molecule has 1 aromatic heterocycles. The van der Waals surface area contributed by atoms with Crippen LogP contribution >= 0.6 is 27.3 Å². The second-order valence-electron chi connectivity index (χ2n) is 5.61. The Balaban J connectivity index is 1.80. The molecule has 5 heteroatoms. The van der Waals surface area contributed by atoms with Gasteiger partial charge in [-0.15, -0.1) is 11.3 Å². The summed E-state index contributed by atoms with van der Waals surface area (Å²) < 4.78 is 1.10. The van der Waals surface area contributed by atoms with E-state index in [9.17, 15) is 9.90 Å². The zero-order valence-corrected chi connectivity index (χ0v) is 13.1. The summed E-state index contributed by atoms with van der Waals surface area (Å²) in [7, 11) is 0. The molecule has 1 aliphatic carbocycles. The zero-order chi connectivity index (χ0) is 13.4. The molecule has 0 amide bonds. The van der Waals surface area contributed by atoms with Crippen LogP contribution in [0.5, 0.6) is 0 Å². The number of hydrogen-bond donors (Lipinski definition) is 1. The van der Waals surface area contributed by atoms with Crippen molar-refractivity contribution < 1.29 is 9.90 Å². The van der Waals surface area contributed by atoms with E-state index >= 15 is 0 Å². The molecular weight excluding hydrogens is 326 g/mol. The molecule has 19 heavy (non-hydrogen) atoms. The molecule has 0 radical (unpaired) electrons. The van der Waals surface area contributed by atoms with E-state index in [4.69, 9.17) is 0 Å². The summed E-state index contributed by atoms with van der Waals surface area (Å²) in [4.78, 5) is 15.0. The highest BCUT2D eigenvalue weighted by molar-refractivity contribution is 9.10. The van der Waals surface area contributed by atoms with Crippen molar-refractivity contribution in [3.63, 3.8) is 0 Å². The molecule has 0 spiro atoms. The lowest BCUT2D eigenvalue weighted by Crippen LogP contribution is -2.41. The first-order valence-electron chi connectivity index (χ1n) is 6.86. The molecule has 104 valence electrons. The highest BCUT2D eigenvalue weighted by Gasteiger charge is 2.45. The first-order chi connectivity index (χ1) is 9.15. The smallest absolute Gasteiger partial charge is 0.320 e. The van der Waals surface area contributed by atoms with Crippen LogP contribution in [0.15, 0.2) is 15.9 Å². The van der Waals surface area contributed by atoms with Crippen LogP contribution in [0.3, 0.4) is 0 Å². The van der Waals surface area contributed by atoms with Gasteiger partial charge < -0.3 is 5.11 Å². The highest BCUT2D eigenvalue weighted by atomic mass is 79.9. The predicted octanol–water partition coefficient (Wildman–Crippen LogP) is 3.73. The van der Waals surface area contributed by atoms with Crippen molar-refractivity contribution >= 4 is 33.2 Å². The largest absolute Gasteiger partial charge is 0.480 e. The number of halogens is 1. The van der Waals surface area contributed by atoms with Gasteiger partial charge in [-0.2, -0.15) is 0 Å². The van der Waals surface area contributed by atoms with E-state index in [2.05, 4.69) is 32.3 Å². The van der Waals surface area contributed by atoms with Gasteiger partial charge in [-0.3, -0.25) is 9.69 Å². The monoisotopic (exact) mass is 343 g/mol. The topological polar surface area (TPSA) is 40.5 Å². The summed E-state index contributed by atoms with van der Waals surface area (Å²) in [6.07, 6.45) is 5.73. The summed E-state index contributed by atoms with van der Waals surface area (Å²) in [6.45, 7) is 0.786. The Morgan fingerprint density at radius 3 is 2.95 bits per heavy atom. The summed E-state index contributed by atoms with van der Waals surface area (Å²) in [5.41, 5.74) is 0. The van der Waals surface area contributed by atoms with Crippen molar-refractivity contribution in [1.82, 2.24) is 4.90 Å². The molecular formula is C14H18BrNO2S. The quantitative estimate of drug-likeness (QED) is 0.908. The van der Waals surface area contributed by atoms with Gasteiger partial charge in [0.25, 0.3) is 0 Å². The fraction of sp³-hybridized carbons (Fsp3) is 0.643. The molecule has 1 saturated heterocycles. The molecule has 2 aliphatic rings. The molecule has 1 aromatic rings. The lowest BCUT2D eigenvalue weighted by molar-refractivity contribution is -0.142. The van der Waals surface area contributed by atoms with Crippen LogP contribution in [-0.4, -0.2) is 28.1 Å². The number of carboxylic acids is 1. The first-order valence-corrected chi connectivity index (χ1v) is 8.54. The zero-order valence-electron chi connectivity index (χ0n) is 10.7. The molecule has 2 heterocycles. The van der Waals surface area contributed by atoms with E-state index in [0.29, 0.717) is 12.0 Å². The normalized spacial score (nSPS) is 31.3. The van der Waals surface area contributed by atoms with Crippen molar-refractivity contribution in [2.75, 3.05) is 0 Å². The van der Waals surface area contributed by atoms with Crippen LogP contribution in [0, 0.1) is 5.92 Å². The Kier molecular flexibility index (Phi) is 3.96. The third-order valence-electron chi connectivity index (χ3n) is 4.47. The van der Waals surface area contributed by atoms with Gasteiger partial charge in [-0.1, -0.05) is 12.8 Å². The lowest BCUT2D eigenvalue weighted by atomic mass is 9.85. The maximum Gasteiger partial charge on any atom is 0.320 e. The van der Waals surface area contributed by atoms with Crippen LogP contribution in [0.4, 0.5) is 0 Å². The van der Waals surface area contributed by atoms with E-state index in [1.54, 1.807) is 11.3 Å². The lowest BCUT2D eigenvalue weighted by Gasteiger charge is -2.32.